The first-order chi connectivity index (χ1) is 7.24. The van der Waals surface area contributed by atoms with Gasteiger partial charge in [-0.15, -0.1) is 0 Å². The van der Waals surface area contributed by atoms with Crippen molar-refractivity contribution in [1.82, 2.24) is 4.90 Å². The molecule has 4 nitrogen and oxygen atoms in total. The molecule has 88 valence electrons. The fourth-order valence-corrected chi connectivity index (χ4v) is 2.56. The number of likely N-dealkylation sites (tertiary alicyclic amines) is 1. The van der Waals surface area contributed by atoms with Gasteiger partial charge in [0.15, 0.2) is 0 Å². The van der Waals surface area contributed by atoms with Gasteiger partial charge < -0.3 is 16.4 Å². The molecule has 2 atom stereocenters. The zero-order chi connectivity index (χ0) is 11.3. The Bertz CT molecular complexity index is 208. The van der Waals surface area contributed by atoms with E-state index in [-0.39, 0.29) is 12.5 Å². The highest BCUT2D eigenvalue weighted by atomic mass is 16.2. The van der Waals surface area contributed by atoms with Crippen molar-refractivity contribution in [2.75, 3.05) is 19.6 Å². The summed E-state index contributed by atoms with van der Waals surface area (Å²) in [6.07, 6.45) is 4.38. The van der Waals surface area contributed by atoms with E-state index in [0.717, 1.165) is 25.8 Å². The average Bonchev–Trinajstić information content (AvgIpc) is 2.48. The summed E-state index contributed by atoms with van der Waals surface area (Å²) in [7, 11) is 0. The van der Waals surface area contributed by atoms with Gasteiger partial charge in [-0.1, -0.05) is 13.3 Å². The lowest BCUT2D eigenvalue weighted by atomic mass is 9.93. The average molecular weight is 213 g/mol. The highest BCUT2D eigenvalue weighted by Crippen LogP contribution is 2.24. The third-order valence-corrected chi connectivity index (χ3v) is 3.38. The van der Waals surface area contributed by atoms with Gasteiger partial charge in [-0.05, 0) is 31.7 Å². The molecule has 0 aromatic heterocycles. The molecule has 0 aromatic carbocycles. The first-order valence-electron chi connectivity index (χ1n) is 5.94. The maximum atomic E-state index is 11.7. The molecule has 1 aliphatic heterocycles. The van der Waals surface area contributed by atoms with Crippen molar-refractivity contribution >= 4 is 5.91 Å². The number of carbonyl (C=O) groups excluding carboxylic acids is 1. The number of hydrogen-bond donors (Lipinski definition) is 2. The summed E-state index contributed by atoms with van der Waals surface area (Å²) < 4.78 is 0. The fraction of sp³-hybridized carbons (Fsp3) is 0.909. The largest absolute Gasteiger partial charge is 0.338 e. The Kier molecular flexibility index (Phi) is 5.05. The van der Waals surface area contributed by atoms with Crippen molar-refractivity contribution in [2.45, 2.75) is 38.6 Å². The molecular formula is C11H23N3O. The quantitative estimate of drug-likeness (QED) is 0.708. The van der Waals surface area contributed by atoms with Gasteiger partial charge in [0.25, 0.3) is 0 Å². The molecule has 1 heterocycles. The van der Waals surface area contributed by atoms with Gasteiger partial charge in [0, 0.05) is 12.6 Å². The van der Waals surface area contributed by atoms with Crippen molar-refractivity contribution in [3.05, 3.63) is 0 Å². The normalized spacial score (nSPS) is 27.5. The van der Waals surface area contributed by atoms with E-state index in [2.05, 4.69) is 6.92 Å². The van der Waals surface area contributed by atoms with Crippen molar-refractivity contribution in [2.24, 2.45) is 17.4 Å². The van der Waals surface area contributed by atoms with Crippen molar-refractivity contribution in [1.29, 1.82) is 0 Å². The standard InChI is InChI=1S/C11H23N3O/c1-2-10-9(7-12)5-3-4-6-14(10)11(15)8-13/h9-10H,2-8,12-13H2,1H3/t9-,10-/m1/s1. The van der Waals surface area contributed by atoms with E-state index in [1.807, 2.05) is 4.90 Å². The van der Waals surface area contributed by atoms with Gasteiger partial charge in [0.05, 0.1) is 6.54 Å². The van der Waals surface area contributed by atoms with Crippen LogP contribution < -0.4 is 11.5 Å². The minimum Gasteiger partial charge on any atom is -0.338 e. The number of amides is 1. The summed E-state index contributed by atoms with van der Waals surface area (Å²) in [5.74, 6) is 0.523. The number of hydrogen-bond acceptors (Lipinski definition) is 3. The van der Waals surface area contributed by atoms with Crippen LogP contribution in [0.25, 0.3) is 0 Å². The van der Waals surface area contributed by atoms with Crippen LogP contribution in [0.4, 0.5) is 0 Å². The lowest BCUT2D eigenvalue weighted by Crippen LogP contribution is -2.47. The highest BCUT2D eigenvalue weighted by molar-refractivity contribution is 5.78. The first kappa shape index (κ1) is 12.5. The first-order valence-corrected chi connectivity index (χ1v) is 5.94. The number of rotatable bonds is 3. The van der Waals surface area contributed by atoms with Crippen molar-refractivity contribution in [3.63, 3.8) is 0 Å². The predicted molar refractivity (Wildman–Crippen MR) is 61.2 cm³/mol. The summed E-state index contributed by atoms with van der Waals surface area (Å²) in [5, 5.41) is 0. The van der Waals surface area contributed by atoms with Gasteiger partial charge in [-0.2, -0.15) is 0 Å². The van der Waals surface area contributed by atoms with E-state index in [4.69, 9.17) is 11.5 Å². The number of nitrogens with zero attached hydrogens (tertiary/aromatic N) is 1. The summed E-state index contributed by atoms with van der Waals surface area (Å²) >= 11 is 0. The molecule has 4 heteroatoms. The second-order valence-electron chi connectivity index (χ2n) is 4.26. The lowest BCUT2D eigenvalue weighted by Gasteiger charge is -2.33. The number of nitrogens with two attached hydrogens (primary N) is 2. The molecular weight excluding hydrogens is 190 g/mol. The van der Waals surface area contributed by atoms with Crippen LogP contribution in [0, 0.1) is 5.92 Å². The Balaban J connectivity index is 2.76. The van der Waals surface area contributed by atoms with Crippen LogP contribution in [0.3, 0.4) is 0 Å². The molecule has 1 rings (SSSR count). The van der Waals surface area contributed by atoms with Crippen LogP contribution in [0.1, 0.15) is 32.6 Å². The zero-order valence-corrected chi connectivity index (χ0v) is 9.61. The summed E-state index contributed by atoms with van der Waals surface area (Å²) in [4.78, 5) is 13.7. The van der Waals surface area contributed by atoms with Crippen molar-refractivity contribution in [3.8, 4) is 0 Å². The van der Waals surface area contributed by atoms with E-state index < -0.39 is 0 Å². The molecule has 0 spiro atoms. The topological polar surface area (TPSA) is 72.3 Å². The Morgan fingerprint density at radius 3 is 2.67 bits per heavy atom. The highest BCUT2D eigenvalue weighted by Gasteiger charge is 2.29. The maximum absolute atomic E-state index is 11.7. The molecule has 4 N–H and O–H groups in total. The van der Waals surface area contributed by atoms with Crippen LogP contribution in [-0.4, -0.2) is 36.5 Å². The van der Waals surface area contributed by atoms with Crippen LogP contribution in [0.5, 0.6) is 0 Å². The van der Waals surface area contributed by atoms with E-state index in [0.29, 0.717) is 18.5 Å². The molecule has 1 amide bonds. The predicted octanol–water partition coefficient (Wildman–Crippen LogP) is 0.311. The van der Waals surface area contributed by atoms with Gasteiger partial charge >= 0.3 is 0 Å². The summed E-state index contributed by atoms with van der Waals surface area (Å²) in [5.41, 5.74) is 11.2. The summed E-state index contributed by atoms with van der Waals surface area (Å²) in [6.45, 7) is 3.77. The monoisotopic (exact) mass is 213 g/mol. The van der Waals surface area contributed by atoms with Gasteiger partial charge in [0.1, 0.15) is 0 Å². The minimum atomic E-state index is 0.0715. The number of carbonyl (C=O) groups is 1. The van der Waals surface area contributed by atoms with Crippen molar-refractivity contribution < 1.29 is 4.79 Å². The van der Waals surface area contributed by atoms with E-state index in [9.17, 15) is 4.79 Å². The van der Waals surface area contributed by atoms with Crippen LogP contribution >= 0.6 is 0 Å². The Labute approximate surface area is 92.0 Å². The SMILES string of the molecule is CC[C@@H]1[C@@H](CN)CCCCN1C(=O)CN. The molecule has 0 aromatic rings. The van der Waals surface area contributed by atoms with E-state index >= 15 is 0 Å². The molecule has 0 radical (unpaired) electrons. The smallest absolute Gasteiger partial charge is 0.236 e. The molecule has 0 unspecified atom stereocenters. The molecule has 0 aliphatic carbocycles. The van der Waals surface area contributed by atoms with Crippen LogP contribution in [0.2, 0.25) is 0 Å². The molecule has 15 heavy (non-hydrogen) atoms. The van der Waals surface area contributed by atoms with Gasteiger partial charge in [-0.25, -0.2) is 0 Å². The fourth-order valence-electron chi connectivity index (χ4n) is 2.56. The molecule has 1 saturated heterocycles. The molecule has 1 aliphatic rings. The lowest BCUT2D eigenvalue weighted by molar-refractivity contribution is -0.132. The molecule has 0 bridgehead atoms. The maximum Gasteiger partial charge on any atom is 0.236 e. The molecule has 0 saturated carbocycles. The molecule has 1 fully saturated rings. The van der Waals surface area contributed by atoms with Crippen LogP contribution in [0.15, 0.2) is 0 Å². The van der Waals surface area contributed by atoms with Gasteiger partial charge in [0.2, 0.25) is 5.91 Å². The Hall–Kier alpha value is -0.610. The second-order valence-corrected chi connectivity index (χ2v) is 4.26. The Morgan fingerprint density at radius 2 is 2.13 bits per heavy atom. The Morgan fingerprint density at radius 1 is 1.40 bits per heavy atom. The van der Waals surface area contributed by atoms with E-state index in [1.54, 1.807) is 0 Å². The minimum absolute atomic E-state index is 0.0715. The third kappa shape index (κ3) is 2.92. The zero-order valence-electron chi connectivity index (χ0n) is 9.61. The van der Waals surface area contributed by atoms with Gasteiger partial charge in [-0.3, -0.25) is 4.79 Å². The third-order valence-electron chi connectivity index (χ3n) is 3.38. The van der Waals surface area contributed by atoms with Crippen LogP contribution in [-0.2, 0) is 4.79 Å². The summed E-state index contributed by atoms with van der Waals surface area (Å²) in [6, 6.07) is 0.300. The van der Waals surface area contributed by atoms with E-state index in [1.165, 1.54) is 6.42 Å². The second kappa shape index (κ2) is 6.08.